The minimum absolute atomic E-state index is 0.550. The standard InChI is InChI=1S/C16H20N2O2/c19-15(12-18-9-5-2-6-10-18)16-11-14(17-20-16)13-7-3-1-4-8-13/h1,3-4,7-8,11,15,19H,2,5-6,9-10,12H2/t15-/m0/s1. The van der Waals surface area contributed by atoms with Gasteiger partial charge in [-0.1, -0.05) is 41.9 Å². The molecule has 0 bridgehead atoms. The Balaban J connectivity index is 1.66. The lowest BCUT2D eigenvalue weighted by atomic mass is 10.1. The number of aliphatic hydroxyl groups excluding tert-OH is 1. The number of benzene rings is 1. The van der Waals surface area contributed by atoms with Crippen LogP contribution in [0.15, 0.2) is 40.9 Å². The molecule has 2 aromatic rings. The molecular formula is C16H20N2O2. The highest BCUT2D eigenvalue weighted by Crippen LogP contribution is 2.23. The van der Waals surface area contributed by atoms with Gasteiger partial charge in [-0.15, -0.1) is 0 Å². The van der Waals surface area contributed by atoms with Gasteiger partial charge in [0, 0.05) is 18.2 Å². The van der Waals surface area contributed by atoms with Crippen molar-refractivity contribution in [2.45, 2.75) is 25.4 Å². The van der Waals surface area contributed by atoms with Crippen molar-refractivity contribution in [1.82, 2.24) is 10.1 Å². The van der Waals surface area contributed by atoms with Gasteiger partial charge in [0.05, 0.1) is 0 Å². The zero-order valence-corrected chi connectivity index (χ0v) is 11.5. The Kier molecular flexibility index (Phi) is 4.14. The van der Waals surface area contributed by atoms with Gasteiger partial charge < -0.3 is 14.5 Å². The van der Waals surface area contributed by atoms with Crippen LogP contribution >= 0.6 is 0 Å². The molecule has 1 saturated heterocycles. The van der Waals surface area contributed by atoms with Crippen molar-refractivity contribution < 1.29 is 9.63 Å². The van der Waals surface area contributed by atoms with Crippen molar-refractivity contribution >= 4 is 0 Å². The molecule has 106 valence electrons. The van der Waals surface area contributed by atoms with Crippen LogP contribution in [0, 0.1) is 0 Å². The Labute approximate surface area is 119 Å². The van der Waals surface area contributed by atoms with E-state index in [0.29, 0.717) is 12.3 Å². The third kappa shape index (κ3) is 3.08. The molecule has 1 N–H and O–H groups in total. The van der Waals surface area contributed by atoms with E-state index in [1.807, 2.05) is 36.4 Å². The van der Waals surface area contributed by atoms with Crippen LogP contribution in [0.5, 0.6) is 0 Å². The summed E-state index contributed by atoms with van der Waals surface area (Å²) in [6.07, 6.45) is 3.14. The van der Waals surface area contributed by atoms with Gasteiger partial charge in [0.15, 0.2) is 5.76 Å². The van der Waals surface area contributed by atoms with E-state index >= 15 is 0 Å². The fourth-order valence-electron chi connectivity index (χ4n) is 2.67. The molecule has 0 radical (unpaired) electrons. The van der Waals surface area contributed by atoms with Crippen LogP contribution in [0.3, 0.4) is 0 Å². The van der Waals surface area contributed by atoms with E-state index in [2.05, 4.69) is 10.1 Å². The Morgan fingerprint density at radius 3 is 2.65 bits per heavy atom. The number of likely N-dealkylation sites (tertiary alicyclic amines) is 1. The Morgan fingerprint density at radius 2 is 1.90 bits per heavy atom. The normalized spacial score (nSPS) is 18.1. The Morgan fingerprint density at radius 1 is 1.15 bits per heavy atom. The number of nitrogens with zero attached hydrogens (tertiary/aromatic N) is 2. The first kappa shape index (κ1) is 13.3. The molecule has 2 heterocycles. The van der Waals surface area contributed by atoms with E-state index in [4.69, 9.17) is 4.52 Å². The smallest absolute Gasteiger partial charge is 0.167 e. The molecule has 0 unspecified atom stereocenters. The lowest BCUT2D eigenvalue weighted by Gasteiger charge is -2.27. The number of hydrogen-bond acceptors (Lipinski definition) is 4. The molecule has 4 nitrogen and oxygen atoms in total. The maximum atomic E-state index is 10.3. The van der Waals surface area contributed by atoms with Crippen molar-refractivity contribution in [3.8, 4) is 11.3 Å². The van der Waals surface area contributed by atoms with Crippen LogP contribution in [0.1, 0.15) is 31.1 Å². The number of aliphatic hydroxyl groups is 1. The lowest BCUT2D eigenvalue weighted by Crippen LogP contribution is -2.33. The lowest BCUT2D eigenvalue weighted by molar-refractivity contribution is 0.0798. The predicted octanol–water partition coefficient (Wildman–Crippen LogP) is 2.86. The van der Waals surface area contributed by atoms with E-state index in [1.54, 1.807) is 0 Å². The minimum atomic E-state index is -0.599. The monoisotopic (exact) mass is 272 g/mol. The molecule has 1 fully saturated rings. The molecule has 3 rings (SSSR count). The molecule has 0 aliphatic carbocycles. The topological polar surface area (TPSA) is 49.5 Å². The number of piperidine rings is 1. The highest BCUT2D eigenvalue weighted by molar-refractivity contribution is 5.58. The number of hydrogen-bond donors (Lipinski definition) is 1. The van der Waals surface area contributed by atoms with Gasteiger partial charge in [-0.05, 0) is 25.9 Å². The average molecular weight is 272 g/mol. The van der Waals surface area contributed by atoms with Gasteiger partial charge in [0.2, 0.25) is 0 Å². The van der Waals surface area contributed by atoms with Crippen molar-refractivity contribution in [3.63, 3.8) is 0 Å². The van der Waals surface area contributed by atoms with Crippen molar-refractivity contribution in [3.05, 3.63) is 42.2 Å². The second kappa shape index (κ2) is 6.20. The summed E-state index contributed by atoms with van der Waals surface area (Å²) in [5, 5.41) is 14.3. The van der Waals surface area contributed by atoms with Gasteiger partial charge in [0.25, 0.3) is 0 Å². The average Bonchev–Trinajstić information content (AvgIpc) is 2.99. The summed E-state index contributed by atoms with van der Waals surface area (Å²) in [7, 11) is 0. The summed E-state index contributed by atoms with van der Waals surface area (Å²) in [6, 6.07) is 11.7. The van der Waals surface area contributed by atoms with Crippen molar-refractivity contribution in [2.24, 2.45) is 0 Å². The molecular weight excluding hydrogens is 252 g/mol. The van der Waals surface area contributed by atoms with Crippen LogP contribution in [-0.2, 0) is 0 Å². The van der Waals surface area contributed by atoms with Gasteiger partial charge in [0.1, 0.15) is 11.8 Å². The van der Waals surface area contributed by atoms with E-state index in [0.717, 1.165) is 24.3 Å². The number of rotatable bonds is 4. The van der Waals surface area contributed by atoms with E-state index in [1.165, 1.54) is 19.3 Å². The van der Waals surface area contributed by atoms with Crippen molar-refractivity contribution in [1.29, 1.82) is 0 Å². The molecule has 1 aliphatic rings. The second-order valence-electron chi connectivity index (χ2n) is 5.36. The molecule has 1 aromatic heterocycles. The van der Waals surface area contributed by atoms with E-state index in [9.17, 15) is 5.11 Å². The zero-order chi connectivity index (χ0) is 13.8. The summed E-state index contributed by atoms with van der Waals surface area (Å²) >= 11 is 0. The first-order valence-corrected chi connectivity index (χ1v) is 7.25. The molecule has 20 heavy (non-hydrogen) atoms. The molecule has 0 spiro atoms. The van der Waals surface area contributed by atoms with Crippen LogP contribution in [0.25, 0.3) is 11.3 Å². The number of β-amino-alcohol motifs (C(OH)–C–C–N with tert-alkyl or cyclic N) is 1. The minimum Gasteiger partial charge on any atom is -0.384 e. The third-order valence-electron chi connectivity index (χ3n) is 3.81. The third-order valence-corrected chi connectivity index (χ3v) is 3.81. The van der Waals surface area contributed by atoms with Gasteiger partial charge in [-0.3, -0.25) is 0 Å². The summed E-state index contributed by atoms with van der Waals surface area (Å²) < 4.78 is 5.30. The van der Waals surface area contributed by atoms with Crippen LogP contribution < -0.4 is 0 Å². The maximum Gasteiger partial charge on any atom is 0.167 e. The highest BCUT2D eigenvalue weighted by atomic mass is 16.5. The van der Waals surface area contributed by atoms with Crippen LogP contribution in [-0.4, -0.2) is 34.8 Å². The van der Waals surface area contributed by atoms with E-state index in [-0.39, 0.29) is 0 Å². The quantitative estimate of drug-likeness (QED) is 0.929. The molecule has 1 aliphatic heterocycles. The fourth-order valence-corrected chi connectivity index (χ4v) is 2.67. The summed E-state index contributed by atoms with van der Waals surface area (Å²) in [6.45, 7) is 2.76. The van der Waals surface area contributed by atoms with Gasteiger partial charge in [-0.2, -0.15) is 0 Å². The van der Waals surface area contributed by atoms with Gasteiger partial charge >= 0.3 is 0 Å². The maximum absolute atomic E-state index is 10.3. The Hall–Kier alpha value is -1.65. The van der Waals surface area contributed by atoms with E-state index < -0.39 is 6.10 Å². The first-order chi connectivity index (χ1) is 9.83. The molecule has 0 saturated carbocycles. The van der Waals surface area contributed by atoms with Crippen LogP contribution in [0.4, 0.5) is 0 Å². The van der Waals surface area contributed by atoms with Gasteiger partial charge in [-0.25, -0.2) is 0 Å². The largest absolute Gasteiger partial charge is 0.384 e. The molecule has 0 amide bonds. The summed E-state index contributed by atoms with van der Waals surface area (Å²) in [5.74, 6) is 0.550. The van der Waals surface area contributed by atoms with Crippen molar-refractivity contribution in [2.75, 3.05) is 19.6 Å². The zero-order valence-electron chi connectivity index (χ0n) is 11.5. The number of aromatic nitrogens is 1. The Bertz CT molecular complexity index is 532. The highest BCUT2D eigenvalue weighted by Gasteiger charge is 2.19. The molecule has 1 atom stereocenters. The molecule has 1 aromatic carbocycles. The summed E-state index contributed by atoms with van der Waals surface area (Å²) in [4.78, 5) is 2.29. The predicted molar refractivity (Wildman–Crippen MR) is 77.2 cm³/mol. The first-order valence-electron chi connectivity index (χ1n) is 7.25. The summed E-state index contributed by atoms with van der Waals surface area (Å²) in [5.41, 5.74) is 1.78. The second-order valence-corrected chi connectivity index (χ2v) is 5.36. The van der Waals surface area contributed by atoms with Crippen LogP contribution in [0.2, 0.25) is 0 Å². The fraction of sp³-hybridized carbons (Fsp3) is 0.438. The molecule has 4 heteroatoms. The SMILES string of the molecule is O[C@@H](CN1CCCCC1)c1cc(-c2ccccc2)no1.